The third-order valence-corrected chi connectivity index (χ3v) is 2.69. The number of nitrogens with one attached hydrogen (secondary N) is 1. The van der Waals surface area contributed by atoms with Gasteiger partial charge >= 0.3 is 0 Å². The Labute approximate surface area is 99.6 Å². The smallest absolute Gasteiger partial charge is 0.229 e. The fourth-order valence-electron chi connectivity index (χ4n) is 1.39. The molecule has 0 amide bonds. The molecular weight excluding hydrogens is 238 g/mol. The number of aromatic nitrogens is 2. The maximum atomic E-state index is 11.0. The molecule has 0 fully saturated rings. The van der Waals surface area contributed by atoms with Crippen molar-refractivity contribution in [3.05, 3.63) is 43.0 Å². The highest BCUT2D eigenvalue weighted by Crippen LogP contribution is 2.19. The van der Waals surface area contributed by atoms with Crippen LogP contribution in [0.3, 0.4) is 0 Å². The fraction of sp³-hybridized carbons (Fsp3) is 0.0909. The molecule has 1 aromatic carbocycles. The number of anilines is 1. The Balaban J connectivity index is 2.25. The van der Waals surface area contributed by atoms with Crippen LogP contribution in [0, 0.1) is 0 Å². The second kappa shape index (κ2) is 4.50. The lowest BCUT2D eigenvalue weighted by atomic mass is 10.1. The lowest BCUT2D eigenvalue weighted by Gasteiger charge is -2.05. The number of sulfonamides is 1. The molecule has 0 saturated carbocycles. The Kier molecular flexibility index (Phi) is 3.06. The Morgan fingerprint density at radius 3 is 2.12 bits per heavy atom. The van der Waals surface area contributed by atoms with Crippen LogP contribution in [0.1, 0.15) is 0 Å². The second-order valence-corrected chi connectivity index (χ2v) is 5.33. The van der Waals surface area contributed by atoms with Gasteiger partial charge in [-0.15, -0.1) is 0 Å². The third kappa shape index (κ3) is 3.25. The van der Waals surface area contributed by atoms with Crippen LogP contribution in [-0.4, -0.2) is 24.6 Å². The molecule has 0 bridgehead atoms. The first-order valence-electron chi connectivity index (χ1n) is 4.88. The molecule has 1 heterocycles. The van der Waals surface area contributed by atoms with E-state index in [0.29, 0.717) is 5.69 Å². The highest BCUT2D eigenvalue weighted by atomic mass is 32.2. The van der Waals surface area contributed by atoms with Crippen molar-refractivity contribution in [1.29, 1.82) is 0 Å². The Hall–Kier alpha value is -1.95. The molecule has 2 aromatic rings. The van der Waals surface area contributed by atoms with Gasteiger partial charge in [-0.25, -0.2) is 18.4 Å². The van der Waals surface area contributed by atoms with Crippen molar-refractivity contribution in [3.8, 4) is 11.1 Å². The summed E-state index contributed by atoms with van der Waals surface area (Å²) in [7, 11) is -3.23. The van der Waals surface area contributed by atoms with E-state index in [-0.39, 0.29) is 0 Å². The predicted molar refractivity (Wildman–Crippen MR) is 65.9 cm³/mol. The topological polar surface area (TPSA) is 72.0 Å². The summed E-state index contributed by atoms with van der Waals surface area (Å²) in [5.74, 6) is 0. The largest absolute Gasteiger partial charge is 0.284 e. The molecule has 0 saturated heterocycles. The minimum atomic E-state index is -3.23. The van der Waals surface area contributed by atoms with Gasteiger partial charge in [0.2, 0.25) is 10.0 Å². The van der Waals surface area contributed by atoms with Crippen molar-refractivity contribution in [1.82, 2.24) is 9.97 Å². The summed E-state index contributed by atoms with van der Waals surface area (Å²) in [5.41, 5.74) is 2.36. The first-order chi connectivity index (χ1) is 8.04. The monoisotopic (exact) mass is 249 g/mol. The summed E-state index contributed by atoms with van der Waals surface area (Å²) in [6, 6.07) is 7.02. The molecule has 0 aliphatic heterocycles. The number of hydrogen-bond donors (Lipinski definition) is 1. The van der Waals surface area contributed by atoms with Crippen LogP contribution in [-0.2, 0) is 10.0 Å². The van der Waals surface area contributed by atoms with Gasteiger partial charge in [0.1, 0.15) is 6.33 Å². The van der Waals surface area contributed by atoms with Crippen LogP contribution in [0.15, 0.2) is 43.0 Å². The minimum absolute atomic E-state index is 0.535. The van der Waals surface area contributed by atoms with Crippen molar-refractivity contribution in [3.63, 3.8) is 0 Å². The molecule has 0 aliphatic carbocycles. The van der Waals surface area contributed by atoms with E-state index in [4.69, 9.17) is 0 Å². The Morgan fingerprint density at radius 1 is 1.00 bits per heavy atom. The molecule has 1 aromatic heterocycles. The van der Waals surface area contributed by atoms with Gasteiger partial charge in [0.25, 0.3) is 0 Å². The number of nitrogens with zero attached hydrogens (tertiary/aromatic N) is 2. The first-order valence-corrected chi connectivity index (χ1v) is 6.77. The molecule has 0 atom stereocenters. The lowest BCUT2D eigenvalue weighted by Crippen LogP contribution is -2.09. The highest BCUT2D eigenvalue weighted by Gasteiger charge is 2.02. The van der Waals surface area contributed by atoms with Crippen molar-refractivity contribution < 1.29 is 8.42 Å². The molecule has 0 radical (unpaired) electrons. The molecule has 1 N–H and O–H groups in total. The maximum absolute atomic E-state index is 11.0. The average molecular weight is 249 g/mol. The standard InChI is InChI=1S/C11H11N3O2S/c1-17(15,16)14-11-4-2-9(3-5-11)10-6-12-8-13-7-10/h2-8,14H,1H3. The van der Waals surface area contributed by atoms with Crippen molar-refractivity contribution in [2.24, 2.45) is 0 Å². The van der Waals surface area contributed by atoms with Gasteiger partial charge in [-0.2, -0.15) is 0 Å². The number of benzene rings is 1. The van der Waals surface area contributed by atoms with E-state index in [1.807, 2.05) is 12.1 Å². The van der Waals surface area contributed by atoms with E-state index in [9.17, 15) is 8.42 Å². The van der Waals surface area contributed by atoms with E-state index >= 15 is 0 Å². The summed E-state index contributed by atoms with van der Waals surface area (Å²) in [5, 5.41) is 0. The molecule has 0 unspecified atom stereocenters. The molecule has 6 heteroatoms. The fourth-order valence-corrected chi connectivity index (χ4v) is 1.96. The Bertz CT molecular complexity index is 594. The Morgan fingerprint density at radius 2 is 1.59 bits per heavy atom. The highest BCUT2D eigenvalue weighted by molar-refractivity contribution is 7.92. The van der Waals surface area contributed by atoms with Crippen molar-refractivity contribution in [2.75, 3.05) is 11.0 Å². The van der Waals surface area contributed by atoms with E-state index in [1.54, 1.807) is 24.5 Å². The predicted octanol–water partition coefficient (Wildman–Crippen LogP) is 1.52. The van der Waals surface area contributed by atoms with Crippen LogP contribution in [0.5, 0.6) is 0 Å². The summed E-state index contributed by atoms with van der Waals surface area (Å²) >= 11 is 0. The zero-order chi connectivity index (χ0) is 12.3. The zero-order valence-electron chi connectivity index (χ0n) is 9.16. The third-order valence-electron chi connectivity index (χ3n) is 2.08. The SMILES string of the molecule is CS(=O)(=O)Nc1ccc(-c2cncnc2)cc1. The average Bonchev–Trinajstić information content (AvgIpc) is 2.29. The number of rotatable bonds is 3. The van der Waals surface area contributed by atoms with Gasteiger partial charge < -0.3 is 0 Å². The van der Waals surface area contributed by atoms with E-state index in [2.05, 4.69) is 14.7 Å². The van der Waals surface area contributed by atoms with Crippen LogP contribution in [0.2, 0.25) is 0 Å². The summed E-state index contributed by atoms with van der Waals surface area (Å²) < 4.78 is 24.4. The van der Waals surface area contributed by atoms with Gasteiger partial charge in [0.05, 0.1) is 6.26 Å². The molecule has 2 rings (SSSR count). The number of hydrogen-bond acceptors (Lipinski definition) is 4. The lowest BCUT2D eigenvalue weighted by molar-refractivity contribution is 0.607. The summed E-state index contributed by atoms with van der Waals surface area (Å²) in [6.45, 7) is 0. The van der Waals surface area contributed by atoms with E-state index in [0.717, 1.165) is 17.4 Å². The van der Waals surface area contributed by atoms with E-state index in [1.165, 1.54) is 6.33 Å². The molecular formula is C11H11N3O2S. The second-order valence-electron chi connectivity index (χ2n) is 3.58. The summed E-state index contributed by atoms with van der Waals surface area (Å²) in [4.78, 5) is 7.84. The molecule has 0 spiro atoms. The molecule has 0 aliphatic rings. The minimum Gasteiger partial charge on any atom is -0.284 e. The van der Waals surface area contributed by atoms with E-state index < -0.39 is 10.0 Å². The van der Waals surface area contributed by atoms with Gasteiger partial charge in [-0.05, 0) is 17.7 Å². The normalized spacial score (nSPS) is 11.1. The zero-order valence-corrected chi connectivity index (χ0v) is 9.98. The van der Waals surface area contributed by atoms with Gasteiger partial charge in [-0.1, -0.05) is 12.1 Å². The molecule has 5 nitrogen and oxygen atoms in total. The maximum Gasteiger partial charge on any atom is 0.229 e. The van der Waals surface area contributed by atoms with Crippen LogP contribution in [0.25, 0.3) is 11.1 Å². The van der Waals surface area contributed by atoms with Gasteiger partial charge in [0.15, 0.2) is 0 Å². The van der Waals surface area contributed by atoms with Crippen LogP contribution < -0.4 is 4.72 Å². The quantitative estimate of drug-likeness (QED) is 0.895. The van der Waals surface area contributed by atoms with Crippen LogP contribution in [0.4, 0.5) is 5.69 Å². The van der Waals surface area contributed by atoms with Gasteiger partial charge in [0, 0.05) is 23.6 Å². The van der Waals surface area contributed by atoms with Gasteiger partial charge in [-0.3, -0.25) is 4.72 Å². The first kappa shape index (κ1) is 11.5. The molecule has 88 valence electrons. The van der Waals surface area contributed by atoms with Crippen LogP contribution >= 0.6 is 0 Å². The van der Waals surface area contributed by atoms with Crippen molar-refractivity contribution >= 4 is 15.7 Å². The summed E-state index contributed by atoms with van der Waals surface area (Å²) in [6.07, 6.45) is 5.98. The van der Waals surface area contributed by atoms with Crippen molar-refractivity contribution in [2.45, 2.75) is 0 Å². The molecule has 17 heavy (non-hydrogen) atoms.